The summed E-state index contributed by atoms with van der Waals surface area (Å²) in [6, 6.07) is 6.41. The molecule has 0 aliphatic heterocycles. The summed E-state index contributed by atoms with van der Waals surface area (Å²) in [4.78, 5) is 0. The van der Waals surface area contributed by atoms with E-state index in [0.29, 0.717) is 17.9 Å². The van der Waals surface area contributed by atoms with Gasteiger partial charge < -0.3 is 9.73 Å². The van der Waals surface area contributed by atoms with Crippen molar-refractivity contribution < 1.29 is 17.6 Å². The zero-order valence-electron chi connectivity index (χ0n) is 10.8. The molecule has 0 bridgehead atoms. The van der Waals surface area contributed by atoms with Crippen molar-refractivity contribution in [1.82, 2.24) is 5.32 Å². The van der Waals surface area contributed by atoms with Gasteiger partial charge in [0.1, 0.15) is 11.3 Å². The smallest absolute Gasteiger partial charge is 0.391 e. The van der Waals surface area contributed by atoms with E-state index in [4.69, 9.17) is 4.42 Å². The summed E-state index contributed by atoms with van der Waals surface area (Å²) in [5.74, 6) is 0.333. The van der Waals surface area contributed by atoms with Crippen LogP contribution in [0.15, 0.2) is 28.7 Å². The second kappa shape index (κ2) is 5.25. The highest BCUT2D eigenvalue weighted by molar-refractivity contribution is 5.78. The molecule has 1 aromatic carbocycles. The van der Waals surface area contributed by atoms with Crippen LogP contribution < -0.4 is 5.32 Å². The van der Waals surface area contributed by atoms with Crippen LogP contribution in [0, 0.1) is 6.92 Å². The van der Waals surface area contributed by atoms with Crippen LogP contribution in [0.5, 0.6) is 0 Å². The highest BCUT2D eigenvalue weighted by Gasteiger charge is 2.33. The zero-order chi connectivity index (χ0) is 14.0. The molecule has 1 atom stereocenters. The second-order valence-electron chi connectivity index (χ2n) is 4.62. The van der Waals surface area contributed by atoms with Crippen LogP contribution in [0.1, 0.15) is 30.7 Å². The molecule has 1 unspecified atom stereocenters. The fourth-order valence-corrected chi connectivity index (χ4v) is 2.11. The first kappa shape index (κ1) is 13.9. The van der Waals surface area contributed by atoms with E-state index >= 15 is 0 Å². The number of furan rings is 1. The third-order valence-corrected chi connectivity index (χ3v) is 2.92. The predicted molar refractivity (Wildman–Crippen MR) is 68.0 cm³/mol. The maximum absolute atomic E-state index is 12.6. The predicted octanol–water partition coefficient (Wildman–Crippen LogP) is 4.34. The summed E-state index contributed by atoms with van der Waals surface area (Å²) in [5.41, 5.74) is 1.67. The van der Waals surface area contributed by atoms with Crippen molar-refractivity contribution in [3.05, 3.63) is 35.6 Å². The summed E-state index contributed by atoms with van der Waals surface area (Å²) >= 11 is 0. The summed E-state index contributed by atoms with van der Waals surface area (Å²) in [7, 11) is 0. The van der Waals surface area contributed by atoms with Crippen molar-refractivity contribution in [3.63, 3.8) is 0 Å². The molecular formula is C14H16F3NO. The fraction of sp³-hybridized carbons (Fsp3) is 0.429. The van der Waals surface area contributed by atoms with E-state index in [0.717, 1.165) is 10.9 Å². The van der Waals surface area contributed by atoms with Gasteiger partial charge in [-0.1, -0.05) is 18.6 Å². The Balaban J connectivity index is 2.33. The molecule has 104 valence electrons. The Morgan fingerprint density at radius 2 is 2.00 bits per heavy atom. The van der Waals surface area contributed by atoms with Crippen LogP contribution in [-0.2, 0) is 0 Å². The maximum Gasteiger partial charge on any atom is 0.391 e. The molecule has 0 amide bonds. The van der Waals surface area contributed by atoms with Crippen LogP contribution in [0.2, 0.25) is 0 Å². The van der Waals surface area contributed by atoms with Crippen LogP contribution >= 0.6 is 0 Å². The fourth-order valence-electron chi connectivity index (χ4n) is 2.11. The van der Waals surface area contributed by atoms with E-state index in [1.807, 2.05) is 19.1 Å². The minimum Gasteiger partial charge on any atom is -0.459 e. The molecule has 19 heavy (non-hydrogen) atoms. The van der Waals surface area contributed by atoms with Gasteiger partial charge in [-0.25, -0.2) is 0 Å². The van der Waals surface area contributed by atoms with Crippen molar-refractivity contribution in [2.24, 2.45) is 0 Å². The molecule has 0 fully saturated rings. The Hall–Kier alpha value is -1.49. The number of alkyl halides is 3. The SMILES string of the molecule is CCNC(CC(F)(F)F)c1cc2cc(C)ccc2o1. The first-order valence-corrected chi connectivity index (χ1v) is 6.19. The summed E-state index contributed by atoms with van der Waals surface area (Å²) in [5, 5.41) is 3.65. The van der Waals surface area contributed by atoms with Gasteiger partial charge in [0, 0.05) is 5.39 Å². The van der Waals surface area contributed by atoms with Crippen molar-refractivity contribution >= 4 is 11.0 Å². The number of nitrogens with one attached hydrogen (secondary N) is 1. The molecular weight excluding hydrogens is 255 g/mol. The molecule has 0 aliphatic carbocycles. The standard InChI is InChI=1S/C14H16F3NO/c1-3-18-11(8-14(15,16)17)13-7-10-6-9(2)4-5-12(10)19-13/h4-7,11,18H,3,8H2,1-2H3. The molecule has 2 rings (SSSR count). The van der Waals surface area contributed by atoms with Gasteiger partial charge in [0.25, 0.3) is 0 Å². The third-order valence-electron chi connectivity index (χ3n) is 2.92. The molecule has 0 saturated carbocycles. The Labute approximate surface area is 109 Å². The zero-order valence-corrected chi connectivity index (χ0v) is 10.8. The van der Waals surface area contributed by atoms with Crippen molar-refractivity contribution in [3.8, 4) is 0 Å². The number of hydrogen-bond donors (Lipinski definition) is 1. The van der Waals surface area contributed by atoms with Gasteiger partial charge in [-0.05, 0) is 31.7 Å². The van der Waals surface area contributed by atoms with E-state index in [2.05, 4.69) is 5.32 Å². The number of rotatable bonds is 4. The lowest BCUT2D eigenvalue weighted by Crippen LogP contribution is -2.26. The number of benzene rings is 1. The monoisotopic (exact) mass is 271 g/mol. The van der Waals surface area contributed by atoms with Crippen LogP contribution in [-0.4, -0.2) is 12.7 Å². The highest BCUT2D eigenvalue weighted by atomic mass is 19.4. The molecule has 5 heteroatoms. The third kappa shape index (κ3) is 3.50. The molecule has 1 heterocycles. The number of hydrogen-bond acceptors (Lipinski definition) is 2. The van der Waals surface area contributed by atoms with E-state index in [1.54, 1.807) is 19.1 Å². The van der Waals surface area contributed by atoms with Gasteiger partial charge >= 0.3 is 6.18 Å². The Morgan fingerprint density at radius 3 is 2.63 bits per heavy atom. The maximum atomic E-state index is 12.6. The van der Waals surface area contributed by atoms with Gasteiger partial charge in [-0.15, -0.1) is 0 Å². The quantitative estimate of drug-likeness (QED) is 0.894. The lowest BCUT2D eigenvalue weighted by Gasteiger charge is -2.17. The summed E-state index contributed by atoms with van der Waals surface area (Å²) in [6.45, 7) is 4.16. The Bertz CT molecular complexity index is 559. The van der Waals surface area contributed by atoms with E-state index in [1.165, 1.54) is 0 Å². The van der Waals surface area contributed by atoms with E-state index in [-0.39, 0.29) is 0 Å². The Kier molecular flexibility index (Phi) is 3.85. The Morgan fingerprint density at radius 1 is 1.26 bits per heavy atom. The minimum atomic E-state index is -4.22. The average molecular weight is 271 g/mol. The normalized spacial score (nSPS) is 13.9. The first-order chi connectivity index (χ1) is 8.89. The number of fused-ring (bicyclic) bond motifs is 1. The van der Waals surface area contributed by atoms with Crippen LogP contribution in [0.25, 0.3) is 11.0 Å². The molecule has 0 spiro atoms. The van der Waals surface area contributed by atoms with Gasteiger partial charge in [-0.3, -0.25) is 0 Å². The van der Waals surface area contributed by atoms with Crippen molar-refractivity contribution in [2.45, 2.75) is 32.5 Å². The lowest BCUT2D eigenvalue weighted by atomic mass is 10.1. The highest BCUT2D eigenvalue weighted by Crippen LogP contribution is 2.32. The van der Waals surface area contributed by atoms with Gasteiger partial charge in [0.2, 0.25) is 0 Å². The van der Waals surface area contributed by atoms with Gasteiger partial charge in [0.15, 0.2) is 0 Å². The lowest BCUT2D eigenvalue weighted by molar-refractivity contribution is -0.141. The van der Waals surface area contributed by atoms with Crippen molar-refractivity contribution in [2.75, 3.05) is 6.54 Å². The number of halogens is 3. The summed E-state index contributed by atoms with van der Waals surface area (Å²) in [6.07, 6.45) is -5.15. The largest absolute Gasteiger partial charge is 0.459 e. The molecule has 2 aromatic rings. The molecule has 2 nitrogen and oxygen atoms in total. The van der Waals surface area contributed by atoms with Gasteiger partial charge in [0.05, 0.1) is 12.5 Å². The van der Waals surface area contributed by atoms with Crippen LogP contribution in [0.3, 0.4) is 0 Å². The molecule has 0 saturated heterocycles. The first-order valence-electron chi connectivity index (χ1n) is 6.19. The average Bonchev–Trinajstić information content (AvgIpc) is 2.69. The molecule has 0 aliphatic rings. The molecule has 0 radical (unpaired) electrons. The van der Waals surface area contributed by atoms with Crippen LogP contribution in [0.4, 0.5) is 13.2 Å². The van der Waals surface area contributed by atoms with Gasteiger partial charge in [-0.2, -0.15) is 13.2 Å². The molecule has 1 N–H and O–H groups in total. The second-order valence-corrected chi connectivity index (χ2v) is 4.62. The number of aryl methyl sites for hydroxylation is 1. The van der Waals surface area contributed by atoms with E-state index < -0.39 is 18.6 Å². The topological polar surface area (TPSA) is 25.2 Å². The summed E-state index contributed by atoms with van der Waals surface area (Å²) < 4.78 is 43.2. The minimum absolute atomic E-state index is 0.333. The van der Waals surface area contributed by atoms with Crippen molar-refractivity contribution in [1.29, 1.82) is 0 Å². The van der Waals surface area contributed by atoms with E-state index in [9.17, 15) is 13.2 Å². The molecule has 1 aromatic heterocycles.